The first-order chi connectivity index (χ1) is 9.19. The Morgan fingerprint density at radius 2 is 1.80 bits per heavy atom. The van der Waals surface area contributed by atoms with Crippen LogP contribution in [0.5, 0.6) is 0 Å². The zero-order chi connectivity index (χ0) is 15.3. The largest absolute Gasteiger partial charge is 0.401 e. The fraction of sp³-hybridized carbons (Fsp3) is 0.500. The van der Waals surface area contributed by atoms with Gasteiger partial charge in [0.1, 0.15) is 0 Å². The predicted molar refractivity (Wildman–Crippen MR) is 73.2 cm³/mol. The molecule has 6 heteroatoms. The zero-order valence-corrected chi connectivity index (χ0v) is 12.1. The van der Waals surface area contributed by atoms with Crippen LogP contribution in [0.15, 0.2) is 24.3 Å². The third kappa shape index (κ3) is 5.92. The number of carbonyl (C=O) groups excluding carboxylic acids is 1. The maximum atomic E-state index is 12.4. The van der Waals surface area contributed by atoms with E-state index in [2.05, 4.69) is 0 Å². The van der Waals surface area contributed by atoms with Gasteiger partial charge < -0.3 is 0 Å². The van der Waals surface area contributed by atoms with Gasteiger partial charge in [0.05, 0.1) is 6.54 Å². The molecule has 0 radical (unpaired) electrons. The number of Topliss-reactive ketones (excluding diaryl/α,β-unsaturated/α-hetero) is 1. The highest BCUT2D eigenvalue weighted by Gasteiger charge is 2.31. The Morgan fingerprint density at radius 1 is 1.25 bits per heavy atom. The van der Waals surface area contributed by atoms with Gasteiger partial charge in [0.25, 0.3) is 0 Å². The minimum Gasteiger partial charge on any atom is -0.294 e. The minimum atomic E-state index is -4.26. The van der Waals surface area contributed by atoms with Gasteiger partial charge in [-0.05, 0) is 38.1 Å². The summed E-state index contributed by atoms with van der Waals surface area (Å²) in [7, 11) is 0. The van der Waals surface area contributed by atoms with Crippen molar-refractivity contribution >= 4 is 17.4 Å². The van der Waals surface area contributed by atoms with Crippen LogP contribution in [0.2, 0.25) is 5.02 Å². The molecule has 112 valence electrons. The van der Waals surface area contributed by atoms with Crippen LogP contribution in [0, 0.1) is 0 Å². The molecule has 1 aromatic carbocycles. The number of hydrogen-bond donors (Lipinski definition) is 0. The second kappa shape index (κ2) is 7.09. The number of alkyl halides is 3. The zero-order valence-electron chi connectivity index (χ0n) is 11.4. The van der Waals surface area contributed by atoms with Crippen LogP contribution in [0.3, 0.4) is 0 Å². The summed E-state index contributed by atoms with van der Waals surface area (Å²) in [5, 5.41) is 0.516. The first-order valence-corrected chi connectivity index (χ1v) is 6.66. The van der Waals surface area contributed by atoms with Gasteiger partial charge in [-0.1, -0.05) is 11.6 Å². The second-order valence-corrected chi connectivity index (χ2v) is 5.30. The van der Waals surface area contributed by atoms with Crippen molar-refractivity contribution in [1.82, 2.24) is 4.90 Å². The molecule has 0 aromatic heterocycles. The molecule has 0 aliphatic carbocycles. The summed E-state index contributed by atoms with van der Waals surface area (Å²) in [5.41, 5.74) is 0.463. The molecule has 0 atom stereocenters. The standard InChI is InChI=1S/C14H17ClF3NO/c1-10(2)19(9-14(16,17)18)8-7-13(20)11-3-5-12(15)6-4-11/h3-6,10H,7-9H2,1-2H3. The van der Waals surface area contributed by atoms with E-state index in [4.69, 9.17) is 11.6 Å². The fourth-order valence-corrected chi connectivity index (χ4v) is 1.90. The lowest BCUT2D eigenvalue weighted by Crippen LogP contribution is -2.40. The van der Waals surface area contributed by atoms with Crippen molar-refractivity contribution in [2.75, 3.05) is 13.1 Å². The maximum absolute atomic E-state index is 12.4. The minimum absolute atomic E-state index is 0.0515. The highest BCUT2D eigenvalue weighted by molar-refractivity contribution is 6.30. The number of carbonyl (C=O) groups is 1. The molecule has 0 unspecified atom stereocenters. The summed E-state index contributed by atoms with van der Waals surface area (Å²) in [6, 6.07) is 6.06. The molecule has 2 nitrogen and oxygen atoms in total. The Balaban J connectivity index is 2.59. The van der Waals surface area contributed by atoms with Crippen molar-refractivity contribution in [3.63, 3.8) is 0 Å². The van der Waals surface area contributed by atoms with Crippen molar-refractivity contribution in [1.29, 1.82) is 0 Å². The molecule has 20 heavy (non-hydrogen) atoms. The molecule has 0 saturated carbocycles. The first kappa shape index (κ1) is 17.0. The Kier molecular flexibility index (Phi) is 6.02. The first-order valence-electron chi connectivity index (χ1n) is 6.28. The van der Waals surface area contributed by atoms with Gasteiger partial charge in [-0.3, -0.25) is 9.69 Å². The maximum Gasteiger partial charge on any atom is 0.401 e. The quantitative estimate of drug-likeness (QED) is 0.735. The number of ketones is 1. The van der Waals surface area contributed by atoms with E-state index in [9.17, 15) is 18.0 Å². The average Bonchev–Trinajstić information content (AvgIpc) is 2.33. The van der Waals surface area contributed by atoms with E-state index in [1.165, 1.54) is 4.90 Å². The van der Waals surface area contributed by atoms with Crippen LogP contribution < -0.4 is 0 Å². The fourth-order valence-electron chi connectivity index (χ4n) is 1.78. The van der Waals surface area contributed by atoms with Crippen LogP contribution in [-0.2, 0) is 0 Å². The van der Waals surface area contributed by atoms with Gasteiger partial charge in [0.2, 0.25) is 0 Å². The molecule has 1 rings (SSSR count). The van der Waals surface area contributed by atoms with E-state index in [-0.39, 0.29) is 24.8 Å². The van der Waals surface area contributed by atoms with Gasteiger partial charge in [-0.25, -0.2) is 0 Å². The monoisotopic (exact) mass is 307 g/mol. The topological polar surface area (TPSA) is 20.3 Å². The molecule has 0 fully saturated rings. The van der Waals surface area contributed by atoms with Crippen molar-refractivity contribution in [2.24, 2.45) is 0 Å². The van der Waals surface area contributed by atoms with Gasteiger partial charge in [0, 0.05) is 29.6 Å². The van der Waals surface area contributed by atoms with E-state index in [0.717, 1.165) is 0 Å². The molecule has 1 aromatic rings. The van der Waals surface area contributed by atoms with Crippen molar-refractivity contribution in [2.45, 2.75) is 32.5 Å². The molecule has 0 spiro atoms. The van der Waals surface area contributed by atoms with Crippen molar-refractivity contribution < 1.29 is 18.0 Å². The van der Waals surface area contributed by atoms with Gasteiger partial charge in [-0.15, -0.1) is 0 Å². The molecule has 0 N–H and O–H groups in total. The Bertz CT molecular complexity index is 443. The molecular formula is C14H17ClF3NO. The summed E-state index contributed by atoms with van der Waals surface area (Å²) in [6.07, 6.45) is -4.20. The van der Waals surface area contributed by atoms with E-state index < -0.39 is 12.7 Å². The highest BCUT2D eigenvalue weighted by atomic mass is 35.5. The van der Waals surface area contributed by atoms with Gasteiger partial charge >= 0.3 is 6.18 Å². The smallest absolute Gasteiger partial charge is 0.294 e. The van der Waals surface area contributed by atoms with Crippen LogP contribution in [0.4, 0.5) is 13.2 Å². The average molecular weight is 308 g/mol. The summed E-state index contributed by atoms with van der Waals surface area (Å²) in [5.74, 6) is -0.186. The molecule has 0 bridgehead atoms. The third-order valence-corrected chi connectivity index (χ3v) is 3.16. The Labute approximate surface area is 121 Å². The van der Waals surface area contributed by atoms with Crippen LogP contribution in [-0.4, -0.2) is 36.0 Å². The molecular weight excluding hydrogens is 291 g/mol. The van der Waals surface area contributed by atoms with Crippen LogP contribution >= 0.6 is 11.6 Å². The van der Waals surface area contributed by atoms with E-state index >= 15 is 0 Å². The van der Waals surface area contributed by atoms with Crippen LogP contribution in [0.25, 0.3) is 0 Å². The summed E-state index contributed by atoms with van der Waals surface area (Å²) in [4.78, 5) is 13.1. The van der Waals surface area contributed by atoms with Gasteiger partial charge in [-0.2, -0.15) is 13.2 Å². The van der Waals surface area contributed by atoms with Crippen molar-refractivity contribution in [3.8, 4) is 0 Å². The molecule has 0 aliphatic rings. The van der Waals surface area contributed by atoms with Gasteiger partial charge in [0.15, 0.2) is 5.78 Å². The Hall–Kier alpha value is -1.07. The summed E-state index contributed by atoms with van der Waals surface area (Å²) < 4.78 is 37.2. The lowest BCUT2D eigenvalue weighted by Gasteiger charge is -2.27. The number of benzene rings is 1. The van der Waals surface area contributed by atoms with Crippen molar-refractivity contribution in [3.05, 3.63) is 34.9 Å². The molecule has 0 heterocycles. The summed E-state index contributed by atoms with van der Waals surface area (Å²) >= 11 is 5.71. The number of nitrogens with zero attached hydrogens (tertiary/aromatic N) is 1. The molecule has 0 saturated heterocycles. The van der Waals surface area contributed by atoms with E-state index in [1.807, 2.05) is 0 Å². The van der Waals surface area contributed by atoms with Crippen LogP contribution in [0.1, 0.15) is 30.6 Å². The lowest BCUT2D eigenvalue weighted by atomic mass is 10.1. The lowest BCUT2D eigenvalue weighted by molar-refractivity contribution is -0.149. The summed E-state index contributed by atoms with van der Waals surface area (Å²) in [6.45, 7) is 2.44. The molecule has 0 aliphatic heterocycles. The number of rotatable bonds is 6. The van der Waals surface area contributed by atoms with E-state index in [0.29, 0.717) is 10.6 Å². The van der Waals surface area contributed by atoms with E-state index in [1.54, 1.807) is 38.1 Å². The normalized spacial score (nSPS) is 12.2. The predicted octanol–water partition coefficient (Wildman–Crippen LogP) is 4.19. The SMILES string of the molecule is CC(C)N(CCC(=O)c1ccc(Cl)cc1)CC(F)(F)F. The second-order valence-electron chi connectivity index (χ2n) is 4.86. The highest BCUT2D eigenvalue weighted by Crippen LogP contribution is 2.19. The Morgan fingerprint density at radius 3 is 2.25 bits per heavy atom. The third-order valence-electron chi connectivity index (χ3n) is 2.90. The molecule has 0 amide bonds. The number of hydrogen-bond acceptors (Lipinski definition) is 2. The number of halogens is 4.